The van der Waals surface area contributed by atoms with Gasteiger partial charge in [0.1, 0.15) is 18.9 Å². The highest BCUT2D eigenvalue weighted by Crippen LogP contribution is 2.41. The summed E-state index contributed by atoms with van der Waals surface area (Å²) in [7, 11) is 1.82. The van der Waals surface area contributed by atoms with Crippen LogP contribution < -0.4 is 14.8 Å². The van der Waals surface area contributed by atoms with Gasteiger partial charge in [0.05, 0.1) is 4.47 Å². The first kappa shape index (κ1) is 12.2. The van der Waals surface area contributed by atoms with E-state index in [1.54, 1.807) is 12.4 Å². The molecule has 0 saturated carbocycles. The Morgan fingerprint density at radius 3 is 2.79 bits per heavy atom. The summed E-state index contributed by atoms with van der Waals surface area (Å²) in [6.07, 6.45) is 3.32. The molecule has 5 nitrogen and oxygen atoms in total. The zero-order chi connectivity index (χ0) is 13.2. The number of rotatable bonds is 2. The number of anilines is 1. The van der Waals surface area contributed by atoms with Gasteiger partial charge >= 0.3 is 0 Å². The van der Waals surface area contributed by atoms with Gasteiger partial charge in [0, 0.05) is 25.0 Å². The van der Waals surface area contributed by atoms with Crippen molar-refractivity contribution in [2.24, 2.45) is 0 Å². The van der Waals surface area contributed by atoms with Crippen LogP contribution in [0.3, 0.4) is 0 Å². The molecular weight excluding hydrogens is 310 g/mol. The van der Waals surface area contributed by atoms with Crippen molar-refractivity contribution >= 4 is 21.7 Å². The molecule has 1 aromatic heterocycles. The summed E-state index contributed by atoms with van der Waals surface area (Å²) in [5.74, 6) is 2.19. The van der Waals surface area contributed by atoms with E-state index in [9.17, 15) is 0 Å². The Labute approximate surface area is 119 Å². The second kappa shape index (κ2) is 5.05. The third-order valence-corrected chi connectivity index (χ3v) is 3.39. The Kier molecular flexibility index (Phi) is 3.25. The third kappa shape index (κ3) is 2.23. The predicted molar refractivity (Wildman–Crippen MR) is 75.7 cm³/mol. The Balaban J connectivity index is 2.13. The summed E-state index contributed by atoms with van der Waals surface area (Å²) in [5, 5.41) is 3.03. The van der Waals surface area contributed by atoms with Gasteiger partial charge in [-0.05, 0) is 28.1 Å². The standard InChI is InChI=1S/C13H12BrN3O2/c1-15-13-11(16-2-3-17-13)8-6-9(14)12-10(7-8)18-4-5-19-12/h2-3,6-7H,4-5H2,1H3,(H,15,17). The molecule has 6 heteroatoms. The molecule has 1 aliphatic heterocycles. The quantitative estimate of drug-likeness (QED) is 0.921. The van der Waals surface area contributed by atoms with E-state index >= 15 is 0 Å². The highest BCUT2D eigenvalue weighted by Gasteiger charge is 2.18. The molecule has 0 radical (unpaired) electrons. The van der Waals surface area contributed by atoms with Crippen LogP contribution in [0.5, 0.6) is 11.5 Å². The fourth-order valence-corrected chi connectivity index (χ4v) is 2.54. The van der Waals surface area contributed by atoms with Crippen LogP contribution in [0, 0.1) is 0 Å². The van der Waals surface area contributed by atoms with E-state index in [-0.39, 0.29) is 0 Å². The van der Waals surface area contributed by atoms with Gasteiger partial charge in [-0.1, -0.05) is 0 Å². The topological polar surface area (TPSA) is 56.3 Å². The maximum Gasteiger partial charge on any atom is 0.175 e. The molecule has 0 atom stereocenters. The molecular formula is C13H12BrN3O2. The average molecular weight is 322 g/mol. The Bertz CT molecular complexity index is 619. The van der Waals surface area contributed by atoms with Crippen LogP contribution in [-0.4, -0.2) is 30.2 Å². The lowest BCUT2D eigenvalue weighted by atomic mass is 10.1. The number of hydrogen-bond acceptors (Lipinski definition) is 5. The summed E-state index contributed by atoms with van der Waals surface area (Å²) in [5.41, 5.74) is 1.70. The van der Waals surface area contributed by atoms with E-state index in [0.29, 0.717) is 13.2 Å². The van der Waals surface area contributed by atoms with Crippen LogP contribution in [0.25, 0.3) is 11.3 Å². The van der Waals surface area contributed by atoms with Gasteiger partial charge in [0.25, 0.3) is 0 Å². The number of aromatic nitrogens is 2. The Hall–Kier alpha value is -1.82. The molecule has 0 bridgehead atoms. The van der Waals surface area contributed by atoms with Crippen molar-refractivity contribution in [3.05, 3.63) is 29.0 Å². The Morgan fingerprint density at radius 2 is 1.95 bits per heavy atom. The van der Waals surface area contributed by atoms with Crippen molar-refractivity contribution in [3.8, 4) is 22.8 Å². The fraction of sp³-hybridized carbons (Fsp3) is 0.231. The molecule has 3 rings (SSSR count). The van der Waals surface area contributed by atoms with Crippen molar-refractivity contribution in [2.45, 2.75) is 0 Å². The average Bonchev–Trinajstić information content (AvgIpc) is 2.47. The molecule has 19 heavy (non-hydrogen) atoms. The van der Waals surface area contributed by atoms with E-state index in [1.165, 1.54) is 0 Å². The summed E-state index contributed by atoms with van der Waals surface area (Å²) in [6.45, 7) is 1.13. The minimum Gasteiger partial charge on any atom is -0.486 e. The molecule has 0 spiro atoms. The van der Waals surface area contributed by atoms with Gasteiger partial charge in [-0.25, -0.2) is 4.98 Å². The lowest BCUT2D eigenvalue weighted by molar-refractivity contribution is 0.170. The molecule has 1 aliphatic rings. The highest BCUT2D eigenvalue weighted by atomic mass is 79.9. The van der Waals surface area contributed by atoms with Crippen molar-refractivity contribution in [2.75, 3.05) is 25.6 Å². The number of nitrogens with one attached hydrogen (secondary N) is 1. The van der Waals surface area contributed by atoms with Crippen LogP contribution in [0.15, 0.2) is 29.0 Å². The van der Waals surface area contributed by atoms with E-state index < -0.39 is 0 Å². The maximum absolute atomic E-state index is 5.62. The second-order valence-corrected chi connectivity index (χ2v) is 4.84. The fourth-order valence-electron chi connectivity index (χ4n) is 1.98. The summed E-state index contributed by atoms with van der Waals surface area (Å²) in [6, 6.07) is 3.88. The molecule has 98 valence electrons. The largest absolute Gasteiger partial charge is 0.486 e. The van der Waals surface area contributed by atoms with Crippen molar-refractivity contribution in [3.63, 3.8) is 0 Å². The molecule has 0 aliphatic carbocycles. The smallest absolute Gasteiger partial charge is 0.175 e. The summed E-state index contributed by atoms with van der Waals surface area (Å²) < 4.78 is 12.0. The molecule has 0 fully saturated rings. The van der Waals surface area contributed by atoms with Crippen molar-refractivity contribution in [1.29, 1.82) is 0 Å². The first-order chi connectivity index (χ1) is 9.29. The highest BCUT2D eigenvalue weighted by molar-refractivity contribution is 9.10. The van der Waals surface area contributed by atoms with Gasteiger partial charge in [0.2, 0.25) is 0 Å². The van der Waals surface area contributed by atoms with Crippen LogP contribution in [0.2, 0.25) is 0 Å². The first-order valence-corrected chi connectivity index (χ1v) is 6.67. The molecule has 0 amide bonds. The number of halogens is 1. The third-order valence-electron chi connectivity index (χ3n) is 2.81. The van der Waals surface area contributed by atoms with Crippen LogP contribution in [-0.2, 0) is 0 Å². The summed E-state index contributed by atoms with van der Waals surface area (Å²) >= 11 is 3.50. The lowest BCUT2D eigenvalue weighted by Gasteiger charge is -2.20. The van der Waals surface area contributed by atoms with Gasteiger partial charge in [-0.15, -0.1) is 0 Å². The van der Waals surface area contributed by atoms with Crippen molar-refractivity contribution in [1.82, 2.24) is 9.97 Å². The van der Waals surface area contributed by atoms with Crippen molar-refractivity contribution < 1.29 is 9.47 Å². The number of fused-ring (bicyclic) bond motifs is 1. The zero-order valence-electron chi connectivity index (χ0n) is 10.3. The normalized spacial score (nSPS) is 13.2. The van der Waals surface area contributed by atoms with Gasteiger partial charge in [0.15, 0.2) is 17.3 Å². The molecule has 0 saturated heterocycles. The molecule has 1 aromatic carbocycles. The number of benzene rings is 1. The Morgan fingerprint density at radius 1 is 1.16 bits per heavy atom. The summed E-state index contributed by atoms with van der Waals surface area (Å²) in [4.78, 5) is 8.62. The van der Waals surface area contributed by atoms with Gasteiger partial charge in [-0.2, -0.15) is 0 Å². The van der Waals surface area contributed by atoms with Gasteiger partial charge in [-0.3, -0.25) is 4.98 Å². The first-order valence-electron chi connectivity index (χ1n) is 5.88. The van der Waals surface area contributed by atoms with Crippen LogP contribution in [0.1, 0.15) is 0 Å². The molecule has 1 N–H and O–H groups in total. The van der Waals surface area contributed by atoms with Gasteiger partial charge < -0.3 is 14.8 Å². The maximum atomic E-state index is 5.62. The molecule has 0 unspecified atom stereocenters. The SMILES string of the molecule is CNc1nccnc1-c1cc(Br)c2c(c1)OCCO2. The van der Waals surface area contributed by atoms with E-state index in [1.807, 2.05) is 19.2 Å². The van der Waals surface area contributed by atoms with E-state index in [0.717, 1.165) is 33.0 Å². The number of ether oxygens (including phenoxy) is 2. The minimum atomic E-state index is 0.558. The molecule has 2 heterocycles. The van der Waals surface area contributed by atoms with E-state index in [2.05, 4.69) is 31.2 Å². The van der Waals surface area contributed by atoms with Crippen LogP contribution in [0.4, 0.5) is 5.82 Å². The van der Waals surface area contributed by atoms with Crippen LogP contribution >= 0.6 is 15.9 Å². The second-order valence-electron chi connectivity index (χ2n) is 3.99. The zero-order valence-corrected chi connectivity index (χ0v) is 11.9. The monoisotopic (exact) mass is 321 g/mol. The number of hydrogen-bond donors (Lipinski definition) is 1. The van der Waals surface area contributed by atoms with E-state index in [4.69, 9.17) is 9.47 Å². The predicted octanol–water partition coefficient (Wildman–Crippen LogP) is 2.72. The lowest BCUT2D eigenvalue weighted by Crippen LogP contribution is -2.15. The number of nitrogens with zero attached hydrogens (tertiary/aromatic N) is 2. The molecule has 2 aromatic rings. The minimum absolute atomic E-state index is 0.558.